The summed E-state index contributed by atoms with van der Waals surface area (Å²) in [6.07, 6.45) is 1.13. The van der Waals surface area contributed by atoms with Crippen molar-refractivity contribution in [3.8, 4) is 5.75 Å². The maximum Gasteiger partial charge on any atom is 0.261 e. The Morgan fingerprint density at radius 2 is 2.44 bits per heavy atom. The molecule has 1 aliphatic heterocycles. The van der Waals surface area contributed by atoms with Crippen LogP contribution in [0.2, 0.25) is 5.02 Å². The van der Waals surface area contributed by atoms with Gasteiger partial charge in [0.1, 0.15) is 5.75 Å². The number of amides is 1. The molecule has 86 valence electrons. The maximum absolute atomic E-state index is 11.7. The third kappa shape index (κ3) is 2.30. The van der Waals surface area contributed by atoms with E-state index in [1.165, 1.54) is 0 Å². The van der Waals surface area contributed by atoms with E-state index in [4.69, 9.17) is 16.3 Å². The number of benzene rings is 1. The molecule has 4 heteroatoms. The minimum atomic E-state index is -0.403. The molecule has 0 radical (unpaired) electrons. The minimum absolute atomic E-state index is 0.0471. The van der Waals surface area contributed by atoms with E-state index in [1.54, 1.807) is 6.07 Å². The molecule has 16 heavy (non-hydrogen) atoms. The van der Waals surface area contributed by atoms with Crippen LogP contribution in [0.5, 0.6) is 5.75 Å². The first-order valence-electron chi connectivity index (χ1n) is 5.43. The molecule has 1 heterocycles. The van der Waals surface area contributed by atoms with E-state index < -0.39 is 6.10 Å². The third-order valence-corrected chi connectivity index (χ3v) is 2.77. The molecule has 1 aromatic rings. The number of fused-ring (bicyclic) bond motifs is 1. The Balaban J connectivity index is 2.02. The Hall–Kier alpha value is -1.22. The van der Waals surface area contributed by atoms with Gasteiger partial charge in [-0.05, 0) is 30.2 Å². The van der Waals surface area contributed by atoms with Crippen molar-refractivity contribution in [2.45, 2.75) is 25.9 Å². The number of carbonyl (C=O) groups is 1. The molecule has 0 saturated heterocycles. The van der Waals surface area contributed by atoms with Crippen molar-refractivity contribution in [1.29, 1.82) is 0 Å². The Morgan fingerprint density at radius 1 is 1.62 bits per heavy atom. The second-order valence-corrected chi connectivity index (χ2v) is 4.29. The summed E-state index contributed by atoms with van der Waals surface area (Å²) >= 11 is 5.88. The first-order valence-corrected chi connectivity index (χ1v) is 5.81. The molecule has 1 unspecified atom stereocenters. The highest BCUT2D eigenvalue weighted by molar-refractivity contribution is 6.30. The van der Waals surface area contributed by atoms with E-state index in [1.807, 2.05) is 19.1 Å². The van der Waals surface area contributed by atoms with Crippen molar-refractivity contribution >= 4 is 17.5 Å². The third-order valence-electron chi connectivity index (χ3n) is 2.54. The van der Waals surface area contributed by atoms with Gasteiger partial charge in [-0.2, -0.15) is 0 Å². The fourth-order valence-electron chi connectivity index (χ4n) is 1.73. The molecule has 2 rings (SSSR count). The minimum Gasteiger partial charge on any atom is -0.480 e. The number of halogens is 1. The average Bonchev–Trinajstić information content (AvgIpc) is 2.68. The predicted molar refractivity (Wildman–Crippen MR) is 62.9 cm³/mol. The van der Waals surface area contributed by atoms with Crippen LogP contribution in [0, 0.1) is 0 Å². The second-order valence-electron chi connectivity index (χ2n) is 3.85. The summed E-state index contributed by atoms with van der Waals surface area (Å²) in [5.41, 5.74) is 1.00. The van der Waals surface area contributed by atoms with Gasteiger partial charge in [0.05, 0.1) is 0 Å². The maximum atomic E-state index is 11.7. The van der Waals surface area contributed by atoms with E-state index in [-0.39, 0.29) is 5.91 Å². The second kappa shape index (κ2) is 4.74. The zero-order valence-corrected chi connectivity index (χ0v) is 9.88. The highest BCUT2D eigenvalue weighted by Gasteiger charge is 2.28. The molecule has 1 aliphatic rings. The lowest BCUT2D eigenvalue weighted by Crippen LogP contribution is -2.37. The van der Waals surface area contributed by atoms with Gasteiger partial charge in [-0.15, -0.1) is 0 Å². The summed E-state index contributed by atoms with van der Waals surface area (Å²) in [5, 5.41) is 3.50. The normalized spacial score (nSPS) is 17.8. The monoisotopic (exact) mass is 239 g/mol. The molecule has 0 aromatic heterocycles. The Morgan fingerprint density at radius 3 is 3.19 bits per heavy atom. The molecule has 0 fully saturated rings. The van der Waals surface area contributed by atoms with Crippen molar-refractivity contribution in [2.24, 2.45) is 0 Å². The van der Waals surface area contributed by atoms with Crippen molar-refractivity contribution in [3.63, 3.8) is 0 Å². The summed E-state index contributed by atoms with van der Waals surface area (Å²) in [5.74, 6) is 0.718. The van der Waals surface area contributed by atoms with Crippen LogP contribution >= 0.6 is 11.6 Å². The summed E-state index contributed by atoms with van der Waals surface area (Å²) < 4.78 is 5.55. The molecule has 3 nitrogen and oxygen atoms in total. The Kier molecular flexibility index (Phi) is 3.34. The average molecular weight is 240 g/mol. The standard InChI is InChI=1S/C12H14ClNO2/c1-2-5-14-12(15)11-7-8-6-9(13)3-4-10(8)16-11/h3-4,6,11H,2,5,7H2,1H3,(H,14,15). The van der Waals surface area contributed by atoms with Crippen molar-refractivity contribution < 1.29 is 9.53 Å². The van der Waals surface area contributed by atoms with Gasteiger partial charge in [-0.1, -0.05) is 18.5 Å². The molecule has 1 N–H and O–H groups in total. The molecular weight excluding hydrogens is 226 g/mol. The van der Waals surface area contributed by atoms with Crippen molar-refractivity contribution in [2.75, 3.05) is 6.54 Å². The van der Waals surface area contributed by atoms with Crippen LogP contribution < -0.4 is 10.1 Å². The van der Waals surface area contributed by atoms with Crippen LogP contribution in [0.15, 0.2) is 18.2 Å². The lowest BCUT2D eigenvalue weighted by molar-refractivity contribution is -0.127. The summed E-state index contributed by atoms with van der Waals surface area (Å²) in [4.78, 5) is 11.7. The van der Waals surface area contributed by atoms with E-state index in [0.29, 0.717) is 18.0 Å². The molecule has 1 amide bonds. The smallest absolute Gasteiger partial charge is 0.261 e. The quantitative estimate of drug-likeness (QED) is 0.878. The summed E-state index contributed by atoms with van der Waals surface area (Å²) in [7, 11) is 0. The number of carbonyl (C=O) groups excluding carboxylic acids is 1. The molecule has 1 atom stereocenters. The predicted octanol–water partition coefficient (Wildman–Crippen LogP) is 2.17. The highest BCUT2D eigenvalue weighted by Crippen LogP contribution is 2.30. The first kappa shape index (κ1) is 11.3. The van der Waals surface area contributed by atoms with E-state index >= 15 is 0 Å². The van der Waals surface area contributed by atoms with Gasteiger partial charge in [-0.25, -0.2) is 0 Å². The summed E-state index contributed by atoms with van der Waals surface area (Å²) in [6, 6.07) is 5.43. The van der Waals surface area contributed by atoms with Gasteiger partial charge in [-0.3, -0.25) is 4.79 Å². The van der Waals surface area contributed by atoms with E-state index in [0.717, 1.165) is 17.7 Å². The van der Waals surface area contributed by atoms with Gasteiger partial charge in [0.25, 0.3) is 5.91 Å². The van der Waals surface area contributed by atoms with Gasteiger partial charge in [0.2, 0.25) is 0 Å². The Labute approximate surface area is 99.7 Å². The fourth-order valence-corrected chi connectivity index (χ4v) is 1.92. The van der Waals surface area contributed by atoms with Gasteiger partial charge < -0.3 is 10.1 Å². The largest absolute Gasteiger partial charge is 0.480 e. The lowest BCUT2D eigenvalue weighted by atomic mass is 10.1. The van der Waals surface area contributed by atoms with Crippen molar-refractivity contribution in [3.05, 3.63) is 28.8 Å². The first-order chi connectivity index (χ1) is 7.70. The summed E-state index contributed by atoms with van der Waals surface area (Å²) in [6.45, 7) is 2.71. The van der Waals surface area contributed by atoms with Crippen LogP contribution in [0.3, 0.4) is 0 Å². The Bertz CT molecular complexity index is 406. The lowest BCUT2D eigenvalue weighted by Gasteiger charge is -2.10. The molecule has 0 saturated carbocycles. The molecule has 0 aliphatic carbocycles. The van der Waals surface area contributed by atoms with Crippen molar-refractivity contribution in [1.82, 2.24) is 5.32 Å². The van der Waals surface area contributed by atoms with Crippen LogP contribution in [-0.4, -0.2) is 18.6 Å². The fraction of sp³-hybridized carbons (Fsp3) is 0.417. The van der Waals surface area contributed by atoms with E-state index in [9.17, 15) is 4.79 Å². The number of nitrogens with one attached hydrogen (secondary N) is 1. The van der Waals surface area contributed by atoms with Gasteiger partial charge >= 0.3 is 0 Å². The number of hydrogen-bond donors (Lipinski definition) is 1. The molecular formula is C12H14ClNO2. The molecule has 1 aromatic carbocycles. The number of hydrogen-bond acceptors (Lipinski definition) is 2. The SMILES string of the molecule is CCCNC(=O)C1Cc2cc(Cl)ccc2O1. The molecule has 0 bridgehead atoms. The molecule has 0 spiro atoms. The zero-order chi connectivity index (χ0) is 11.5. The highest BCUT2D eigenvalue weighted by atomic mass is 35.5. The zero-order valence-electron chi connectivity index (χ0n) is 9.13. The topological polar surface area (TPSA) is 38.3 Å². The van der Waals surface area contributed by atoms with Gasteiger partial charge in [0.15, 0.2) is 6.10 Å². The van der Waals surface area contributed by atoms with E-state index in [2.05, 4.69) is 5.32 Å². The number of rotatable bonds is 3. The van der Waals surface area contributed by atoms with Crippen LogP contribution in [0.25, 0.3) is 0 Å². The van der Waals surface area contributed by atoms with Gasteiger partial charge in [0, 0.05) is 18.0 Å². The number of ether oxygens (including phenoxy) is 1. The van der Waals surface area contributed by atoms with Crippen LogP contribution in [0.4, 0.5) is 0 Å². The van der Waals surface area contributed by atoms with Crippen LogP contribution in [-0.2, 0) is 11.2 Å². The van der Waals surface area contributed by atoms with Crippen LogP contribution in [0.1, 0.15) is 18.9 Å².